The van der Waals surface area contributed by atoms with Gasteiger partial charge in [-0.2, -0.15) is 0 Å². The number of para-hydroxylation sites is 1. The van der Waals surface area contributed by atoms with Gasteiger partial charge in [0.05, 0.1) is 0 Å². The van der Waals surface area contributed by atoms with Crippen LogP contribution in [-0.2, 0) is 25.2 Å². The van der Waals surface area contributed by atoms with Gasteiger partial charge in [-0.3, -0.25) is 0 Å². The Bertz CT molecular complexity index is 2420. The molecule has 0 radical (unpaired) electrons. The summed E-state index contributed by atoms with van der Waals surface area (Å²) in [5, 5.41) is 7.05. The number of fused-ring (bicyclic) bond motifs is 3. The normalized spacial score (nSPS) is 11.8. The van der Waals surface area contributed by atoms with Crippen LogP contribution in [0.4, 0.5) is 0 Å². The zero-order valence-electron chi connectivity index (χ0n) is 26.9. The van der Waals surface area contributed by atoms with E-state index in [1.54, 1.807) is 0 Å². The van der Waals surface area contributed by atoms with Crippen LogP contribution in [0.1, 0.15) is 26.3 Å². The van der Waals surface area contributed by atoms with Gasteiger partial charge >= 0.3 is 251 Å². The quantitative estimate of drug-likeness (QED) is 0.168. The van der Waals surface area contributed by atoms with Gasteiger partial charge < -0.3 is 0 Å². The van der Waals surface area contributed by atoms with Gasteiger partial charge in [0.25, 0.3) is 0 Å². The van der Waals surface area contributed by atoms with E-state index in [2.05, 4.69) is 148 Å². The summed E-state index contributed by atoms with van der Waals surface area (Å²) in [5.74, 6) is 2.43. The standard InChI is InChI=1S/C42H33N4O.Pt/c1-42(2,3)33-22-23-43-41(24-33)46-39-15-8-7-14-37(39)38-21-20-36(26-40(38)46)47-35-13-9-12-34(25-35)45-28-32(27-44-45)31-18-16-30(17-19-31)29-10-5-4-6-11-29;/h4-25,27-28H,1-3H3;. The van der Waals surface area contributed by atoms with Crippen molar-refractivity contribution in [3.05, 3.63) is 152 Å². The molecule has 3 aromatic heterocycles. The maximum absolute atomic E-state index is 6.61. The van der Waals surface area contributed by atoms with Crippen LogP contribution >= 0.6 is 0 Å². The Kier molecular flexibility index (Phi) is 7.58. The molecule has 0 amide bonds. The molecule has 0 aliphatic carbocycles. The van der Waals surface area contributed by atoms with Gasteiger partial charge in [-0.1, -0.05) is 30.3 Å². The number of nitrogens with zero attached hydrogens (tertiary/aromatic N) is 4. The fourth-order valence-electron chi connectivity index (χ4n) is 6.21. The first-order valence-corrected chi connectivity index (χ1v) is 17.1. The third-order valence-electron chi connectivity index (χ3n) is 8.77. The molecule has 0 saturated heterocycles. The maximum atomic E-state index is 6.61. The SMILES string of the molecule is CC(C)(C)c1ccnc(-n2c3ccccc3c3ccc(Oc4cccc(-n5cc(-c6ccc(-c7ccccc7)cc6)cn5)c4)[c]([Pt])c32)c1. The van der Waals surface area contributed by atoms with E-state index in [9.17, 15) is 0 Å². The number of hydrogen-bond acceptors (Lipinski definition) is 3. The van der Waals surface area contributed by atoms with Gasteiger partial charge in [-0.25, -0.2) is 0 Å². The van der Waals surface area contributed by atoms with E-state index in [4.69, 9.17) is 14.8 Å². The molecule has 6 heteroatoms. The third kappa shape index (κ3) is 5.55. The molecule has 8 aromatic rings. The minimum absolute atomic E-state index is 0.00532. The van der Waals surface area contributed by atoms with Gasteiger partial charge in [0.1, 0.15) is 0 Å². The van der Waals surface area contributed by atoms with Crippen molar-refractivity contribution < 1.29 is 24.6 Å². The van der Waals surface area contributed by atoms with Crippen LogP contribution in [-0.4, -0.2) is 19.3 Å². The molecule has 0 N–H and O–H groups in total. The van der Waals surface area contributed by atoms with Crippen LogP contribution in [0, 0.1) is 0 Å². The molecular weight excluding hydrogens is 772 g/mol. The van der Waals surface area contributed by atoms with Crippen LogP contribution in [0.5, 0.6) is 11.5 Å². The number of benzene rings is 5. The van der Waals surface area contributed by atoms with E-state index < -0.39 is 0 Å². The Morgan fingerprint density at radius 2 is 1.40 bits per heavy atom. The molecule has 0 unspecified atom stereocenters. The van der Waals surface area contributed by atoms with Crippen LogP contribution in [0.15, 0.2) is 146 Å². The fourth-order valence-corrected chi connectivity index (χ4v) is 7.08. The number of rotatable bonds is 6. The molecule has 237 valence electrons. The number of pyridine rings is 1. The second kappa shape index (κ2) is 12.1. The first kappa shape index (κ1) is 30.1. The third-order valence-corrected chi connectivity index (χ3v) is 9.87. The van der Waals surface area contributed by atoms with Gasteiger partial charge in [-0.15, -0.1) is 0 Å². The van der Waals surface area contributed by atoms with Crippen LogP contribution in [0.3, 0.4) is 0 Å². The van der Waals surface area contributed by atoms with E-state index in [1.165, 1.54) is 27.5 Å². The summed E-state index contributed by atoms with van der Waals surface area (Å²) in [6.07, 6.45) is 5.88. The van der Waals surface area contributed by atoms with Crippen molar-refractivity contribution in [2.75, 3.05) is 0 Å². The van der Waals surface area contributed by atoms with Crippen molar-refractivity contribution in [3.63, 3.8) is 0 Å². The van der Waals surface area contributed by atoms with Crippen molar-refractivity contribution in [2.45, 2.75) is 26.2 Å². The fraction of sp³-hybridized carbons (Fsp3) is 0.0952. The van der Waals surface area contributed by atoms with Crippen molar-refractivity contribution in [1.29, 1.82) is 0 Å². The van der Waals surface area contributed by atoms with E-state index in [1.807, 2.05) is 47.4 Å². The first-order valence-electron chi connectivity index (χ1n) is 16.0. The summed E-state index contributed by atoms with van der Waals surface area (Å²) in [6, 6.07) is 44.2. The molecular formula is C42H33N4OPt. The Balaban J connectivity index is 1.12. The molecule has 0 spiro atoms. The molecule has 3 heterocycles. The zero-order valence-corrected chi connectivity index (χ0v) is 29.1. The molecule has 8 rings (SSSR count). The summed E-state index contributed by atoms with van der Waals surface area (Å²) in [5.41, 5.74) is 8.94. The average Bonchev–Trinajstić information content (AvgIpc) is 3.74. The van der Waals surface area contributed by atoms with E-state index >= 15 is 0 Å². The van der Waals surface area contributed by atoms with E-state index in [0.29, 0.717) is 0 Å². The molecule has 5 aromatic carbocycles. The van der Waals surface area contributed by atoms with Gasteiger partial charge in [-0.05, 0) is 11.1 Å². The summed E-state index contributed by atoms with van der Waals surface area (Å²) >= 11 is 2.40. The molecule has 48 heavy (non-hydrogen) atoms. The second-order valence-electron chi connectivity index (χ2n) is 13.0. The molecule has 0 fully saturated rings. The monoisotopic (exact) mass is 804 g/mol. The Labute approximate surface area is 291 Å². The number of ether oxygens (including phenoxy) is 1. The molecule has 0 bridgehead atoms. The van der Waals surface area contributed by atoms with E-state index in [-0.39, 0.29) is 5.41 Å². The molecule has 0 aliphatic heterocycles. The molecule has 5 nitrogen and oxygen atoms in total. The average molecular weight is 805 g/mol. The zero-order chi connectivity index (χ0) is 32.8. The summed E-state index contributed by atoms with van der Waals surface area (Å²) in [6.45, 7) is 6.69. The predicted molar refractivity (Wildman–Crippen MR) is 191 cm³/mol. The predicted octanol–water partition coefficient (Wildman–Crippen LogP) is 9.96. The van der Waals surface area contributed by atoms with Crippen LogP contribution in [0.2, 0.25) is 0 Å². The Morgan fingerprint density at radius 1 is 0.667 bits per heavy atom. The molecule has 0 saturated carbocycles. The van der Waals surface area contributed by atoms with Crippen molar-refractivity contribution in [3.8, 4) is 45.3 Å². The van der Waals surface area contributed by atoms with E-state index in [0.717, 1.165) is 49.1 Å². The van der Waals surface area contributed by atoms with Crippen molar-refractivity contribution in [1.82, 2.24) is 19.3 Å². The first-order chi connectivity index (χ1) is 23.3. The Morgan fingerprint density at radius 3 is 2.19 bits per heavy atom. The van der Waals surface area contributed by atoms with Crippen molar-refractivity contribution in [2.24, 2.45) is 0 Å². The van der Waals surface area contributed by atoms with Crippen LogP contribution in [0.25, 0.3) is 55.6 Å². The van der Waals surface area contributed by atoms with Crippen molar-refractivity contribution >= 4 is 25.8 Å². The second-order valence-corrected chi connectivity index (χ2v) is 14.1. The van der Waals surface area contributed by atoms with Gasteiger partial charge in [0, 0.05) is 0 Å². The van der Waals surface area contributed by atoms with Gasteiger partial charge in [0.15, 0.2) is 0 Å². The van der Waals surface area contributed by atoms with Crippen LogP contribution < -0.4 is 8.69 Å². The minimum atomic E-state index is 0.00532. The van der Waals surface area contributed by atoms with Gasteiger partial charge in [0.2, 0.25) is 0 Å². The number of aromatic nitrogens is 4. The molecule has 0 aliphatic rings. The summed E-state index contributed by atoms with van der Waals surface area (Å²) in [7, 11) is 0. The summed E-state index contributed by atoms with van der Waals surface area (Å²) < 4.78 is 11.8. The number of hydrogen-bond donors (Lipinski definition) is 0. The molecule has 0 atom stereocenters. The summed E-state index contributed by atoms with van der Waals surface area (Å²) in [4.78, 5) is 4.85. The topological polar surface area (TPSA) is 44.9 Å². The Hall–Kier alpha value is -5.25.